The number of aryl methyl sites for hydroxylation is 2. The fraction of sp³-hybridized carbons (Fsp3) is 0.588. The summed E-state index contributed by atoms with van der Waals surface area (Å²) in [6.07, 6.45) is 5.12. The maximum Gasteiger partial charge on any atom is 0.272 e. The third-order valence-corrected chi connectivity index (χ3v) is 4.41. The number of nitrogens with zero attached hydrogens (tertiary/aromatic N) is 5. The summed E-state index contributed by atoms with van der Waals surface area (Å²) in [6, 6.07) is 2.56. The smallest absolute Gasteiger partial charge is 0.272 e. The van der Waals surface area contributed by atoms with Crippen LogP contribution in [0.3, 0.4) is 0 Å². The van der Waals surface area contributed by atoms with Crippen LogP contribution in [-0.4, -0.2) is 30.5 Å². The number of nitrogens with one attached hydrogen (secondary N) is 1. The maximum atomic E-state index is 12.5. The second-order valence-electron chi connectivity index (χ2n) is 6.41. The molecular formula is C17H24N6O2. The minimum atomic E-state index is -0.316. The van der Waals surface area contributed by atoms with Crippen LogP contribution in [0.15, 0.2) is 16.9 Å². The van der Waals surface area contributed by atoms with E-state index < -0.39 is 0 Å². The molecule has 0 aliphatic carbocycles. The van der Waals surface area contributed by atoms with E-state index in [2.05, 4.69) is 25.2 Å². The van der Waals surface area contributed by atoms with Gasteiger partial charge in [0, 0.05) is 25.6 Å². The van der Waals surface area contributed by atoms with Crippen LogP contribution in [0.25, 0.3) is 0 Å². The second kappa shape index (κ2) is 7.58. The largest absolute Gasteiger partial charge is 0.341 e. The molecule has 0 fully saturated rings. The monoisotopic (exact) mass is 344 g/mol. The van der Waals surface area contributed by atoms with E-state index in [1.165, 1.54) is 23.2 Å². The number of fused-ring (bicyclic) bond motifs is 1. The van der Waals surface area contributed by atoms with Crippen LogP contribution in [0.1, 0.15) is 67.7 Å². The Bertz CT molecular complexity index is 810. The van der Waals surface area contributed by atoms with Crippen LogP contribution >= 0.6 is 0 Å². The first-order valence-corrected chi connectivity index (χ1v) is 8.91. The molecule has 0 spiro atoms. The van der Waals surface area contributed by atoms with Crippen molar-refractivity contribution in [2.45, 2.75) is 65.1 Å². The first-order valence-electron chi connectivity index (χ1n) is 8.91. The molecule has 1 amide bonds. The van der Waals surface area contributed by atoms with Gasteiger partial charge >= 0.3 is 0 Å². The Labute approximate surface area is 146 Å². The van der Waals surface area contributed by atoms with Gasteiger partial charge in [0.2, 0.25) is 0 Å². The Morgan fingerprint density at radius 3 is 2.92 bits per heavy atom. The third kappa shape index (κ3) is 3.78. The van der Waals surface area contributed by atoms with Gasteiger partial charge in [-0.2, -0.15) is 5.10 Å². The molecule has 0 aromatic carbocycles. The normalized spacial score (nSPS) is 15.3. The average molecular weight is 344 g/mol. The van der Waals surface area contributed by atoms with Crippen LogP contribution in [0, 0.1) is 0 Å². The summed E-state index contributed by atoms with van der Waals surface area (Å²) in [5.74, 6) is 1.44. The molecule has 3 rings (SSSR count). The molecule has 134 valence electrons. The van der Waals surface area contributed by atoms with Gasteiger partial charge in [-0.05, 0) is 32.3 Å². The number of carbonyl (C=O) groups is 1. The summed E-state index contributed by atoms with van der Waals surface area (Å²) < 4.78 is 3.44. The molecule has 2 aromatic rings. The van der Waals surface area contributed by atoms with Gasteiger partial charge in [0.25, 0.3) is 11.5 Å². The lowest BCUT2D eigenvalue weighted by atomic mass is 10.2. The summed E-state index contributed by atoms with van der Waals surface area (Å²) in [7, 11) is 0. The first-order chi connectivity index (χ1) is 12.1. The predicted molar refractivity (Wildman–Crippen MR) is 92.2 cm³/mol. The van der Waals surface area contributed by atoms with Crippen LogP contribution in [0.2, 0.25) is 0 Å². The lowest BCUT2D eigenvalue weighted by Crippen LogP contribution is -2.32. The average Bonchev–Trinajstić information content (AvgIpc) is 2.86. The van der Waals surface area contributed by atoms with Crippen molar-refractivity contribution < 1.29 is 4.79 Å². The summed E-state index contributed by atoms with van der Waals surface area (Å²) >= 11 is 0. The van der Waals surface area contributed by atoms with Gasteiger partial charge in [-0.25, -0.2) is 4.68 Å². The number of hydrogen-bond acceptors (Lipinski definition) is 5. The Hall–Kier alpha value is -2.51. The molecule has 3 heterocycles. The molecular weight excluding hydrogens is 320 g/mol. The lowest BCUT2D eigenvalue weighted by molar-refractivity contribution is 0.0929. The van der Waals surface area contributed by atoms with E-state index in [4.69, 9.17) is 0 Å². The lowest BCUT2D eigenvalue weighted by Gasteiger charge is -2.15. The van der Waals surface area contributed by atoms with E-state index in [-0.39, 0.29) is 23.2 Å². The summed E-state index contributed by atoms with van der Waals surface area (Å²) in [4.78, 5) is 24.2. The van der Waals surface area contributed by atoms with Crippen LogP contribution in [-0.2, 0) is 19.5 Å². The highest BCUT2D eigenvalue weighted by Crippen LogP contribution is 2.18. The molecule has 0 radical (unpaired) electrons. The summed E-state index contributed by atoms with van der Waals surface area (Å²) in [5, 5.41) is 15.6. The molecule has 2 aromatic heterocycles. The molecule has 1 aliphatic heterocycles. The zero-order chi connectivity index (χ0) is 17.8. The first kappa shape index (κ1) is 17.3. The number of hydrogen-bond donors (Lipinski definition) is 1. The maximum absolute atomic E-state index is 12.5. The Morgan fingerprint density at radius 2 is 2.12 bits per heavy atom. The fourth-order valence-electron chi connectivity index (χ4n) is 3.11. The van der Waals surface area contributed by atoms with Gasteiger partial charge < -0.3 is 9.88 Å². The molecule has 25 heavy (non-hydrogen) atoms. The zero-order valence-electron chi connectivity index (χ0n) is 14.7. The van der Waals surface area contributed by atoms with E-state index in [0.717, 1.165) is 43.9 Å². The van der Waals surface area contributed by atoms with E-state index in [0.29, 0.717) is 6.54 Å². The molecule has 1 N–H and O–H groups in total. The zero-order valence-corrected chi connectivity index (χ0v) is 14.7. The molecule has 8 heteroatoms. The fourth-order valence-corrected chi connectivity index (χ4v) is 3.11. The van der Waals surface area contributed by atoms with Gasteiger partial charge in [-0.1, -0.05) is 13.3 Å². The van der Waals surface area contributed by atoms with Gasteiger partial charge in [-0.15, -0.1) is 10.2 Å². The van der Waals surface area contributed by atoms with Crippen LogP contribution in [0.5, 0.6) is 0 Å². The van der Waals surface area contributed by atoms with Crippen molar-refractivity contribution in [1.29, 1.82) is 0 Å². The molecule has 0 saturated carbocycles. The van der Waals surface area contributed by atoms with E-state index in [9.17, 15) is 9.59 Å². The predicted octanol–water partition coefficient (Wildman–Crippen LogP) is 1.46. The highest BCUT2D eigenvalue weighted by Gasteiger charge is 2.21. The number of carbonyl (C=O) groups excluding carboxylic acids is 1. The van der Waals surface area contributed by atoms with Crippen molar-refractivity contribution in [3.05, 3.63) is 39.8 Å². The molecule has 0 unspecified atom stereocenters. The van der Waals surface area contributed by atoms with E-state index in [1.807, 2.05) is 13.8 Å². The minimum absolute atomic E-state index is 0.200. The number of rotatable bonds is 5. The highest BCUT2D eigenvalue weighted by atomic mass is 16.2. The molecule has 0 saturated heterocycles. The Kier molecular flexibility index (Phi) is 5.25. The molecule has 8 nitrogen and oxygen atoms in total. The second-order valence-corrected chi connectivity index (χ2v) is 6.41. The van der Waals surface area contributed by atoms with Gasteiger partial charge in [0.15, 0.2) is 5.82 Å². The molecule has 1 aliphatic rings. The molecule has 0 bridgehead atoms. The SMILES string of the molecule is CCCn1nc(C(=O)N[C@H](C)c2nnc3n2CCCCC3)ccc1=O. The Morgan fingerprint density at radius 1 is 1.28 bits per heavy atom. The Balaban J connectivity index is 1.76. The summed E-state index contributed by atoms with van der Waals surface area (Å²) in [6.45, 7) is 5.23. The summed E-state index contributed by atoms with van der Waals surface area (Å²) in [5.41, 5.74) is 0.0322. The van der Waals surface area contributed by atoms with Crippen molar-refractivity contribution in [3.63, 3.8) is 0 Å². The van der Waals surface area contributed by atoms with Crippen LogP contribution in [0.4, 0.5) is 0 Å². The third-order valence-electron chi connectivity index (χ3n) is 4.41. The van der Waals surface area contributed by atoms with E-state index >= 15 is 0 Å². The number of amides is 1. The van der Waals surface area contributed by atoms with Crippen molar-refractivity contribution in [2.24, 2.45) is 0 Å². The number of aromatic nitrogens is 5. The highest BCUT2D eigenvalue weighted by molar-refractivity contribution is 5.92. The minimum Gasteiger partial charge on any atom is -0.341 e. The quantitative estimate of drug-likeness (QED) is 0.886. The van der Waals surface area contributed by atoms with Crippen molar-refractivity contribution in [1.82, 2.24) is 29.9 Å². The van der Waals surface area contributed by atoms with Gasteiger partial charge in [0.1, 0.15) is 11.5 Å². The van der Waals surface area contributed by atoms with Gasteiger partial charge in [0.05, 0.1) is 6.04 Å². The van der Waals surface area contributed by atoms with Crippen molar-refractivity contribution in [2.75, 3.05) is 0 Å². The van der Waals surface area contributed by atoms with Crippen LogP contribution < -0.4 is 10.9 Å². The van der Waals surface area contributed by atoms with Gasteiger partial charge in [-0.3, -0.25) is 9.59 Å². The van der Waals surface area contributed by atoms with Crippen molar-refractivity contribution in [3.8, 4) is 0 Å². The topological polar surface area (TPSA) is 94.7 Å². The van der Waals surface area contributed by atoms with Crippen molar-refractivity contribution >= 4 is 5.91 Å². The molecule has 1 atom stereocenters. The van der Waals surface area contributed by atoms with E-state index in [1.54, 1.807) is 0 Å². The standard InChI is InChI=1S/C17H24N6O2/c1-3-10-23-15(24)9-8-13(21-23)17(25)18-12(2)16-20-19-14-7-5-4-6-11-22(14)16/h8-9,12H,3-7,10-11H2,1-2H3,(H,18,25)/t12-/m1/s1.